The van der Waals surface area contributed by atoms with Gasteiger partial charge in [0.05, 0.1) is 24.8 Å². The average Bonchev–Trinajstić information content (AvgIpc) is 3.29. The Balaban J connectivity index is 2.07. The molecule has 5 nitrogen and oxygen atoms in total. The summed E-state index contributed by atoms with van der Waals surface area (Å²) >= 11 is 7.38. The Hall–Kier alpha value is -2.18. The molecule has 1 aromatic carbocycles. The Bertz CT molecular complexity index is 761. The van der Waals surface area contributed by atoms with E-state index >= 15 is 0 Å². The van der Waals surface area contributed by atoms with Crippen molar-refractivity contribution in [3.05, 3.63) is 52.2 Å². The second-order valence-electron chi connectivity index (χ2n) is 5.09. The first-order chi connectivity index (χ1) is 11.7. The molecule has 0 radical (unpaired) electrons. The van der Waals surface area contributed by atoms with Gasteiger partial charge in [-0.05, 0) is 23.6 Å². The van der Waals surface area contributed by atoms with E-state index in [-0.39, 0.29) is 17.8 Å². The molecule has 3 rings (SSSR count). The molecular formula is C17H17ClN2O3S. The maximum absolute atomic E-state index is 12.3. The Morgan fingerprint density at radius 2 is 2.12 bits per heavy atom. The van der Waals surface area contributed by atoms with Crippen molar-refractivity contribution in [3.63, 3.8) is 0 Å². The van der Waals surface area contributed by atoms with Crippen LogP contribution >= 0.6 is 22.9 Å². The zero-order chi connectivity index (χ0) is 17.1. The molecule has 1 aromatic heterocycles. The molecule has 126 valence electrons. The lowest BCUT2D eigenvalue weighted by Crippen LogP contribution is -2.40. The summed E-state index contributed by atoms with van der Waals surface area (Å²) in [7, 11) is 3.17. The number of hydrogen-bond donors (Lipinski definition) is 1. The fourth-order valence-corrected chi connectivity index (χ4v) is 3.52. The summed E-state index contributed by atoms with van der Waals surface area (Å²) in [6.07, 6.45) is 1.99. The van der Waals surface area contributed by atoms with Gasteiger partial charge in [-0.15, -0.1) is 22.9 Å². The summed E-state index contributed by atoms with van der Waals surface area (Å²) in [5, 5.41) is 3.52. The summed E-state index contributed by atoms with van der Waals surface area (Å²) in [4.78, 5) is 13.3. The van der Waals surface area contributed by atoms with Crippen molar-refractivity contribution >= 4 is 34.5 Å². The number of ether oxygens (including phenoxy) is 2. The van der Waals surface area contributed by atoms with Gasteiger partial charge in [0, 0.05) is 5.56 Å². The second kappa shape index (κ2) is 7.15. The third kappa shape index (κ3) is 2.95. The smallest absolute Gasteiger partial charge is 0.256 e. The van der Waals surface area contributed by atoms with Crippen LogP contribution in [0.3, 0.4) is 0 Å². The Kier molecular flexibility index (Phi) is 4.97. The molecule has 0 saturated heterocycles. The number of amides is 1. The summed E-state index contributed by atoms with van der Waals surface area (Å²) in [5.41, 5.74) is 4.86. The zero-order valence-corrected chi connectivity index (χ0v) is 14.9. The van der Waals surface area contributed by atoms with E-state index in [1.54, 1.807) is 25.6 Å². The first-order valence-electron chi connectivity index (χ1n) is 7.30. The van der Waals surface area contributed by atoms with Crippen molar-refractivity contribution in [1.82, 2.24) is 10.4 Å². The van der Waals surface area contributed by atoms with E-state index < -0.39 is 0 Å². The molecule has 0 bridgehead atoms. The molecule has 0 saturated carbocycles. The second-order valence-corrected chi connectivity index (χ2v) is 6.31. The lowest BCUT2D eigenvalue weighted by atomic mass is 10.0. The number of methoxy groups -OCH3 is 2. The SMILES string of the molecule is COc1cccc([C@@H]2C=C(c3cccs3)NN2C(=O)CCl)c1OC. The lowest BCUT2D eigenvalue weighted by Gasteiger charge is -2.26. The van der Waals surface area contributed by atoms with Crippen LogP contribution in [-0.2, 0) is 4.79 Å². The largest absolute Gasteiger partial charge is 0.493 e. The topological polar surface area (TPSA) is 50.8 Å². The number of halogens is 1. The fourth-order valence-electron chi connectivity index (χ4n) is 2.69. The molecular weight excluding hydrogens is 348 g/mol. The third-order valence-electron chi connectivity index (χ3n) is 3.77. The molecule has 1 aliphatic rings. The molecule has 0 spiro atoms. The van der Waals surface area contributed by atoms with Crippen molar-refractivity contribution in [2.24, 2.45) is 0 Å². The number of carbonyl (C=O) groups excluding carboxylic acids is 1. The molecule has 1 aliphatic heterocycles. The van der Waals surface area contributed by atoms with Gasteiger partial charge in [-0.25, -0.2) is 5.01 Å². The highest BCUT2D eigenvalue weighted by atomic mass is 35.5. The normalized spacial score (nSPS) is 16.5. The van der Waals surface area contributed by atoms with E-state index in [1.165, 1.54) is 5.01 Å². The van der Waals surface area contributed by atoms with E-state index in [9.17, 15) is 4.79 Å². The minimum Gasteiger partial charge on any atom is -0.493 e. The predicted octanol–water partition coefficient (Wildman–Crippen LogP) is 3.43. The van der Waals surface area contributed by atoms with Crippen LogP contribution < -0.4 is 14.9 Å². The average molecular weight is 365 g/mol. The van der Waals surface area contributed by atoms with Crippen LogP contribution in [0.1, 0.15) is 16.5 Å². The van der Waals surface area contributed by atoms with Crippen LogP contribution in [0.15, 0.2) is 41.8 Å². The maximum Gasteiger partial charge on any atom is 0.256 e. The van der Waals surface area contributed by atoms with Crippen molar-refractivity contribution < 1.29 is 14.3 Å². The lowest BCUT2D eigenvalue weighted by molar-refractivity contribution is -0.131. The number of carbonyl (C=O) groups is 1. The van der Waals surface area contributed by atoms with E-state index in [1.807, 2.05) is 41.8 Å². The van der Waals surface area contributed by atoms with Gasteiger partial charge >= 0.3 is 0 Å². The summed E-state index contributed by atoms with van der Waals surface area (Å²) < 4.78 is 10.9. The molecule has 1 atom stereocenters. The monoisotopic (exact) mass is 364 g/mol. The standard InChI is InChI=1S/C17H17ClN2O3S/c1-22-14-6-3-5-11(17(14)23-2)13-9-12(15-7-4-8-24-15)19-20(13)16(21)10-18/h3-9,13,19H,10H2,1-2H3/t13-/m0/s1. The molecule has 2 aromatic rings. The van der Waals surface area contributed by atoms with E-state index in [4.69, 9.17) is 21.1 Å². The molecule has 24 heavy (non-hydrogen) atoms. The number of nitrogens with zero attached hydrogens (tertiary/aromatic N) is 1. The molecule has 0 aliphatic carbocycles. The number of benzene rings is 1. The van der Waals surface area contributed by atoms with Gasteiger partial charge in [0.1, 0.15) is 11.9 Å². The minimum absolute atomic E-state index is 0.110. The summed E-state index contributed by atoms with van der Waals surface area (Å²) in [6, 6.07) is 9.24. The third-order valence-corrected chi connectivity index (χ3v) is 4.90. The van der Waals surface area contributed by atoms with Gasteiger partial charge in [-0.1, -0.05) is 18.2 Å². The minimum atomic E-state index is -0.335. The summed E-state index contributed by atoms with van der Waals surface area (Å²) in [6.45, 7) is 0. The number of nitrogens with one attached hydrogen (secondary N) is 1. The molecule has 1 amide bonds. The number of rotatable bonds is 5. The van der Waals surface area contributed by atoms with Crippen molar-refractivity contribution in [2.45, 2.75) is 6.04 Å². The van der Waals surface area contributed by atoms with Crippen LogP contribution in [0.4, 0.5) is 0 Å². The quantitative estimate of drug-likeness (QED) is 0.826. The molecule has 1 N–H and O–H groups in total. The van der Waals surface area contributed by atoms with Gasteiger partial charge in [-0.3, -0.25) is 10.2 Å². The fraction of sp³-hybridized carbons (Fsp3) is 0.235. The van der Waals surface area contributed by atoms with E-state index in [2.05, 4.69) is 5.43 Å². The van der Waals surface area contributed by atoms with Crippen molar-refractivity contribution in [3.8, 4) is 11.5 Å². The van der Waals surface area contributed by atoms with Crippen LogP contribution in [0, 0.1) is 0 Å². The Labute approximate surface area is 149 Å². The van der Waals surface area contributed by atoms with Crippen molar-refractivity contribution in [1.29, 1.82) is 0 Å². The first kappa shape index (κ1) is 16.7. The number of hydrazine groups is 1. The number of hydrogen-bond acceptors (Lipinski definition) is 5. The Morgan fingerprint density at radius 3 is 2.75 bits per heavy atom. The Morgan fingerprint density at radius 1 is 1.29 bits per heavy atom. The molecule has 0 fully saturated rings. The van der Waals surface area contributed by atoms with Crippen molar-refractivity contribution in [2.75, 3.05) is 20.1 Å². The zero-order valence-electron chi connectivity index (χ0n) is 13.3. The summed E-state index contributed by atoms with van der Waals surface area (Å²) in [5.74, 6) is 0.893. The molecule has 0 unspecified atom stereocenters. The van der Waals surface area contributed by atoms with Gasteiger partial charge in [0.25, 0.3) is 5.91 Å². The highest BCUT2D eigenvalue weighted by molar-refractivity contribution is 7.11. The number of alkyl halides is 1. The highest BCUT2D eigenvalue weighted by Gasteiger charge is 2.33. The first-order valence-corrected chi connectivity index (χ1v) is 8.72. The molecule has 2 heterocycles. The maximum atomic E-state index is 12.3. The predicted molar refractivity (Wildman–Crippen MR) is 95.3 cm³/mol. The van der Waals surface area contributed by atoms with Crippen LogP contribution in [0.5, 0.6) is 11.5 Å². The number of para-hydroxylation sites is 1. The number of thiophene rings is 1. The van der Waals surface area contributed by atoms with Gasteiger partial charge in [0.15, 0.2) is 11.5 Å². The van der Waals surface area contributed by atoms with Gasteiger partial charge in [0.2, 0.25) is 0 Å². The van der Waals surface area contributed by atoms with Crippen LogP contribution in [-0.4, -0.2) is 31.0 Å². The highest BCUT2D eigenvalue weighted by Crippen LogP contribution is 2.41. The van der Waals surface area contributed by atoms with Gasteiger partial charge < -0.3 is 9.47 Å². The van der Waals surface area contributed by atoms with E-state index in [0.29, 0.717) is 11.5 Å². The van der Waals surface area contributed by atoms with Crippen LogP contribution in [0.25, 0.3) is 5.70 Å². The van der Waals surface area contributed by atoms with Gasteiger partial charge in [-0.2, -0.15) is 0 Å². The van der Waals surface area contributed by atoms with E-state index in [0.717, 1.165) is 16.1 Å². The van der Waals surface area contributed by atoms with Crippen LogP contribution in [0.2, 0.25) is 0 Å². The molecule has 7 heteroatoms.